The van der Waals surface area contributed by atoms with Crippen molar-refractivity contribution in [3.05, 3.63) is 71.5 Å². The van der Waals surface area contributed by atoms with Crippen LogP contribution in [0.5, 0.6) is 0 Å². The Labute approximate surface area is 168 Å². The number of hydrogen-bond donors (Lipinski definition) is 1. The highest BCUT2D eigenvalue weighted by Crippen LogP contribution is 2.23. The average Bonchev–Trinajstić information content (AvgIpc) is 3.02. The molecular weight excluding hydrogens is 372 g/mol. The lowest BCUT2D eigenvalue weighted by atomic mass is 10.1. The molecule has 1 aromatic heterocycles. The molecule has 28 heavy (non-hydrogen) atoms. The molecule has 1 heterocycles. The molecule has 7 heteroatoms. The third-order valence-corrected chi connectivity index (χ3v) is 5.47. The van der Waals surface area contributed by atoms with Gasteiger partial charge >= 0.3 is 0 Å². The average molecular weight is 395 g/mol. The second-order valence-corrected chi connectivity index (χ2v) is 7.81. The van der Waals surface area contributed by atoms with Crippen molar-refractivity contribution in [3.63, 3.8) is 0 Å². The summed E-state index contributed by atoms with van der Waals surface area (Å²) in [7, 11) is 1.91. The van der Waals surface area contributed by atoms with Crippen molar-refractivity contribution >= 4 is 29.1 Å². The van der Waals surface area contributed by atoms with Crippen LogP contribution < -0.4 is 5.32 Å². The third kappa shape index (κ3) is 4.86. The van der Waals surface area contributed by atoms with E-state index in [1.807, 2.05) is 36.7 Å². The van der Waals surface area contributed by atoms with E-state index in [2.05, 4.69) is 27.6 Å². The number of rotatable bonds is 7. The Hall–Kier alpha value is -2.93. The molecule has 0 unspecified atom stereocenters. The van der Waals surface area contributed by atoms with Crippen LogP contribution in [0, 0.1) is 0 Å². The molecule has 0 saturated carbocycles. The Bertz CT molecular complexity index is 968. The summed E-state index contributed by atoms with van der Waals surface area (Å²) in [5, 5.41) is 11.7. The van der Waals surface area contributed by atoms with Gasteiger partial charge in [-0.2, -0.15) is 0 Å². The van der Waals surface area contributed by atoms with Crippen molar-refractivity contribution < 1.29 is 9.59 Å². The van der Waals surface area contributed by atoms with Crippen molar-refractivity contribution in [2.75, 3.05) is 5.32 Å². The van der Waals surface area contributed by atoms with Crippen LogP contribution in [0.1, 0.15) is 35.6 Å². The number of Topliss-reactive ketones (excluding diaryl/α,β-unsaturated/α-hetero) is 1. The van der Waals surface area contributed by atoms with Gasteiger partial charge in [-0.05, 0) is 43.7 Å². The van der Waals surface area contributed by atoms with Gasteiger partial charge in [-0.15, -0.1) is 10.2 Å². The zero-order valence-electron chi connectivity index (χ0n) is 16.0. The number of ketones is 1. The van der Waals surface area contributed by atoms with Crippen LogP contribution in [0.25, 0.3) is 0 Å². The largest absolute Gasteiger partial charge is 0.325 e. The van der Waals surface area contributed by atoms with Crippen LogP contribution in [-0.4, -0.2) is 31.7 Å². The summed E-state index contributed by atoms with van der Waals surface area (Å²) < 4.78 is 1.92. The number of benzene rings is 2. The number of anilines is 1. The lowest BCUT2D eigenvalue weighted by Gasteiger charge is -2.12. The molecule has 2 aromatic carbocycles. The molecule has 0 spiro atoms. The Morgan fingerprint density at radius 1 is 1.07 bits per heavy atom. The van der Waals surface area contributed by atoms with Crippen LogP contribution in [0.4, 0.5) is 5.69 Å². The first-order valence-electron chi connectivity index (χ1n) is 8.94. The summed E-state index contributed by atoms with van der Waals surface area (Å²) in [5.74, 6) is 0.713. The van der Waals surface area contributed by atoms with Gasteiger partial charge in [-0.25, -0.2) is 0 Å². The van der Waals surface area contributed by atoms with Crippen LogP contribution in [0.15, 0.2) is 59.8 Å². The molecular formula is C21H22N4O2S. The second kappa shape index (κ2) is 8.84. The van der Waals surface area contributed by atoms with E-state index < -0.39 is 0 Å². The van der Waals surface area contributed by atoms with Crippen molar-refractivity contribution in [2.45, 2.75) is 30.7 Å². The van der Waals surface area contributed by atoms with Crippen molar-refractivity contribution in [2.24, 2.45) is 7.05 Å². The first-order valence-corrected chi connectivity index (χ1v) is 9.82. The zero-order valence-corrected chi connectivity index (χ0v) is 16.9. The van der Waals surface area contributed by atoms with E-state index in [9.17, 15) is 9.59 Å². The molecule has 0 aliphatic heterocycles. The molecule has 3 rings (SSSR count). The molecule has 6 nitrogen and oxygen atoms in total. The Kier molecular flexibility index (Phi) is 6.26. The van der Waals surface area contributed by atoms with E-state index in [-0.39, 0.29) is 16.9 Å². The van der Waals surface area contributed by atoms with Crippen molar-refractivity contribution in [1.82, 2.24) is 14.8 Å². The van der Waals surface area contributed by atoms with Gasteiger partial charge in [0.1, 0.15) is 5.82 Å². The topological polar surface area (TPSA) is 76.9 Å². The normalized spacial score (nSPS) is 11.8. The van der Waals surface area contributed by atoms with Crippen LogP contribution in [-0.2, 0) is 18.3 Å². The van der Waals surface area contributed by atoms with Gasteiger partial charge in [0.25, 0.3) is 0 Å². The molecule has 0 aliphatic rings. The summed E-state index contributed by atoms with van der Waals surface area (Å²) in [4.78, 5) is 23.8. The first kappa shape index (κ1) is 19.8. The molecule has 0 fully saturated rings. The molecule has 0 aliphatic carbocycles. The fourth-order valence-electron chi connectivity index (χ4n) is 2.62. The smallest absolute Gasteiger partial charge is 0.237 e. The van der Waals surface area contributed by atoms with Crippen LogP contribution >= 0.6 is 11.8 Å². The fraction of sp³-hybridized carbons (Fsp3) is 0.238. The maximum absolute atomic E-state index is 12.5. The highest BCUT2D eigenvalue weighted by Gasteiger charge is 2.19. The van der Waals surface area contributed by atoms with Gasteiger partial charge in [-0.3, -0.25) is 9.59 Å². The number of hydrogen-bond acceptors (Lipinski definition) is 5. The predicted molar refractivity (Wildman–Crippen MR) is 111 cm³/mol. The SMILES string of the molecule is CC(=O)c1ccc(NC(=O)[C@H](C)Sc2nnc(Cc3ccccc3)n2C)cc1. The van der Waals surface area contributed by atoms with Gasteiger partial charge in [0.05, 0.1) is 5.25 Å². The number of nitrogens with zero attached hydrogens (tertiary/aromatic N) is 3. The molecule has 1 N–H and O–H groups in total. The second-order valence-electron chi connectivity index (χ2n) is 6.50. The molecule has 144 valence electrons. The number of carbonyl (C=O) groups is 2. The lowest BCUT2D eigenvalue weighted by Crippen LogP contribution is -2.22. The van der Waals surface area contributed by atoms with Crippen molar-refractivity contribution in [3.8, 4) is 0 Å². The van der Waals surface area contributed by atoms with Gasteiger partial charge in [0, 0.05) is 24.7 Å². The highest BCUT2D eigenvalue weighted by molar-refractivity contribution is 8.00. The molecule has 3 aromatic rings. The van der Waals surface area contributed by atoms with Gasteiger partial charge in [0.2, 0.25) is 5.91 Å². The number of nitrogens with one attached hydrogen (secondary N) is 1. The van der Waals surface area contributed by atoms with E-state index in [0.717, 1.165) is 11.4 Å². The summed E-state index contributed by atoms with van der Waals surface area (Å²) in [5.41, 5.74) is 2.44. The summed E-state index contributed by atoms with van der Waals surface area (Å²) in [6.45, 7) is 3.34. The molecule has 0 saturated heterocycles. The fourth-order valence-corrected chi connectivity index (χ4v) is 3.46. The van der Waals surface area contributed by atoms with Gasteiger partial charge in [0.15, 0.2) is 10.9 Å². The maximum Gasteiger partial charge on any atom is 0.237 e. The number of aromatic nitrogens is 3. The minimum absolute atomic E-state index is 0.00427. The van der Waals surface area contributed by atoms with E-state index in [1.54, 1.807) is 24.3 Å². The predicted octanol–water partition coefficient (Wildman–Crippen LogP) is 3.73. The Balaban J connectivity index is 1.61. The quantitative estimate of drug-likeness (QED) is 0.488. The van der Waals surface area contributed by atoms with Crippen molar-refractivity contribution in [1.29, 1.82) is 0 Å². The lowest BCUT2D eigenvalue weighted by molar-refractivity contribution is -0.115. The van der Waals surface area contributed by atoms with Crippen LogP contribution in [0.3, 0.4) is 0 Å². The van der Waals surface area contributed by atoms with Crippen LogP contribution in [0.2, 0.25) is 0 Å². The molecule has 1 amide bonds. The zero-order chi connectivity index (χ0) is 20.1. The summed E-state index contributed by atoms with van der Waals surface area (Å²) in [6.07, 6.45) is 0.688. The standard InChI is InChI=1S/C21H22N4O2S/c1-14(26)17-9-11-18(12-10-17)22-20(27)15(2)28-21-24-23-19(25(21)3)13-16-7-5-4-6-8-16/h4-12,15H,13H2,1-3H3,(H,22,27)/t15-/m0/s1. The molecule has 0 bridgehead atoms. The first-order chi connectivity index (χ1) is 13.4. The van der Waals surface area contributed by atoms with E-state index >= 15 is 0 Å². The Morgan fingerprint density at radius 3 is 2.39 bits per heavy atom. The Morgan fingerprint density at radius 2 is 1.75 bits per heavy atom. The molecule has 0 radical (unpaired) electrons. The molecule has 1 atom stereocenters. The van der Waals surface area contributed by atoms with E-state index in [4.69, 9.17) is 0 Å². The van der Waals surface area contributed by atoms with Gasteiger partial charge < -0.3 is 9.88 Å². The summed E-state index contributed by atoms with van der Waals surface area (Å²) in [6, 6.07) is 16.9. The summed E-state index contributed by atoms with van der Waals surface area (Å²) >= 11 is 1.36. The number of thioether (sulfide) groups is 1. The highest BCUT2D eigenvalue weighted by atomic mass is 32.2. The van der Waals surface area contributed by atoms with E-state index in [1.165, 1.54) is 18.7 Å². The minimum Gasteiger partial charge on any atom is -0.325 e. The maximum atomic E-state index is 12.5. The third-order valence-electron chi connectivity index (χ3n) is 4.34. The number of amides is 1. The number of carbonyl (C=O) groups excluding carboxylic acids is 2. The van der Waals surface area contributed by atoms with Gasteiger partial charge in [-0.1, -0.05) is 42.1 Å². The monoisotopic (exact) mass is 394 g/mol. The minimum atomic E-state index is -0.347. The van der Waals surface area contributed by atoms with E-state index in [0.29, 0.717) is 22.8 Å².